The molecule has 2 fully saturated rings. The van der Waals surface area contributed by atoms with E-state index in [1.165, 1.54) is 12.8 Å². The number of piperidine rings is 2. The number of rotatable bonds is 5. The number of nitrogens with one attached hydrogen (secondary N) is 2. The van der Waals surface area contributed by atoms with E-state index in [1.54, 1.807) is 0 Å². The third-order valence-electron chi connectivity index (χ3n) is 5.69. The lowest BCUT2D eigenvalue weighted by Gasteiger charge is -2.45. The molecule has 0 radical (unpaired) electrons. The Morgan fingerprint density at radius 3 is 2.46 bits per heavy atom. The monoisotopic (exact) mass is 338 g/mol. The van der Waals surface area contributed by atoms with Crippen LogP contribution in [-0.4, -0.2) is 66.7 Å². The Hall–Kier alpha value is -0.810. The number of urea groups is 1. The van der Waals surface area contributed by atoms with Crippen molar-refractivity contribution in [3.63, 3.8) is 0 Å². The van der Waals surface area contributed by atoms with Crippen LogP contribution in [0.1, 0.15) is 53.9 Å². The van der Waals surface area contributed by atoms with Crippen molar-refractivity contribution < 1.29 is 4.79 Å². The van der Waals surface area contributed by atoms with E-state index in [-0.39, 0.29) is 17.6 Å². The van der Waals surface area contributed by atoms with Gasteiger partial charge in [-0.3, -0.25) is 4.90 Å². The van der Waals surface area contributed by atoms with Crippen LogP contribution in [0.15, 0.2) is 0 Å². The third-order valence-corrected chi connectivity index (χ3v) is 5.69. The molecule has 0 aromatic carbocycles. The van der Waals surface area contributed by atoms with Gasteiger partial charge < -0.3 is 15.5 Å². The van der Waals surface area contributed by atoms with E-state index in [2.05, 4.69) is 55.1 Å². The smallest absolute Gasteiger partial charge is 0.315 e. The second kappa shape index (κ2) is 8.52. The van der Waals surface area contributed by atoms with Crippen molar-refractivity contribution >= 4 is 6.03 Å². The van der Waals surface area contributed by atoms with Crippen LogP contribution in [0, 0.1) is 11.8 Å². The topological polar surface area (TPSA) is 47.6 Å². The zero-order valence-corrected chi connectivity index (χ0v) is 16.4. The molecular formula is C19H38N4O. The molecule has 3 atom stereocenters. The molecule has 0 aromatic rings. The average molecular weight is 339 g/mol. The Kier molecular flexibility index (Phi) is 6.93. The fourth-order valence-electron chi connectivity index (χ4n) is 4.26. The van der Waals surface area contributed by atoms with E-state index in [0.717, 1.165) is 51.0 Å². The van der Waals surface area contributed by atoms with E-state index >= 15 is 0 Å². The molecule has 2 aliphatic heterocycles. The third kappa shape index (κ3) is 5.62. The first-order valence-electron chi connectivity index (χ1n) is 9.82. The number of likely N-dealkylation sites (tertiary alicyclic amines) is 2. The molecule has 2 amide bonds. The van der Waals surface area contributed by atoms with E-state index in [1.807, 2.05) is 0 Å². The predicted octanol–water partition coefficient (Wildman–Crippen LogP) is 2.53. The SMILES string of the molecule is CCN1CCCC(NC(=O)NCC(C)(C)N2CC(C)CC(C)C2)C1. The second-order valence-electron chi connectivity index (χ2n) is 8.72. The number of nitrogens with zero attached hydrogens (tertiary/aromatic N) is 2. The predicted molar refractivity (Wildman–Crippen MR) is 100 cm³/mol. The van der Waals surface area contributed by atoms with Gasteiger partial charge in [-0.25, -0.2) is 4.79 Å². The van der Waals surface area contributed by atoms with Crippen molar-refractivity contribution in [2.45, 2.75) is 65.5 Å². The summed E-state index contributed by atoms with van der Waals surface area (Å²) in [5.41, 5.74) is 0.00228. The minimum absolute atomic E-state index is 0.00228. The van der Waals surface area contributed by atoms with Gasteiger partial charge in [-0.15, -0.1) is 0 Å². The summed E-state index contributed by atoms with van der Waals surface area (Å²) in [6, 6.07) is 0.279. The maximum absolute atomic E-state index is 12.3. The summed E-state index contributed by atoms with van der Waals surface area (Å²) in [5, 5.41) is 6.29. The van der Waals surface area contributed by atoms with Gasteiger partial charge in [0.05, 0.1) is 0 Å². The van der Waals surface area contributed by atoms with Crippen molar-refractivity contribution in [2.24, 2.45) is 11.8 Å². The van der Waals surface area contributed by atoms with Gasteiger partial charge in [-0.05, 0) is 58.0 Å². The highest BCUT2D eigenvalue weighted by atomic mass is 16.2. The van der Waals surface area contributed by atoms with Crippen LogP contribution >= 0.6 is 0 Å². The number of hydrogen-bond acceptors (Lipinski definition) is 3. The first kappa shape index (κ1) is 19.5. The van der Waals surface area contributed by atoms with Crippen LogP contribution < -0.4 is 10.6 Å². The van der Waals surface area contributed by atoms with Crippen LogP contribution in [0.2, 0.25) is 0 Å². The zero-order valence-electron chi connectivity index (χ0n) is 16.4. The van der Waals surface area contributed by atoms with Gasteiger partial charge in [-0.2, -0.15) is 0 Å². The van der Waals surface area contributed by atoms with E-state index in [4.69, 9.17) is 0 Å². The number of carbonyl (C=O) groups is 1. The summed E-state index contributed by atoms with van der Waals surface area (Å²) in [5.74, 6) is 1.48. The van der Waals surface area contributed by atoms with Gasteiger partial charge in [0.25, 0.3) is 0 Å². The first-order valence-corrected chi connectivity index (χ1v) is 9.82. The first-order chi connectivity index (χ1) is 11.3. The Morgan fingerprint density at radius 1 is 1.17 bits per heavy atom. The number of likely N-dealkylation sites (N-methyl/N-ethyl adjacent to an activating group) is 1. The lowest BCUT2D eigenvalue weighted by molar-refractivity contribution is 0.0471. The van der Waals surface area contributed by atoms with Crippen molar-refractivity contribution in [1.82, 2.24) is 20.4 Å². The molecule has 5 nitrogen and oxygen atoms in total. The van der Waals surface area contributed by atoms with Crippen molar-refractivity contribution in [1.29, 1.82) is 0 Å². The number of carbonyl (C=O) groups excluding carboxylic acids is 1. The van der Waals surface area contributed by atoms with E-state index < -0.39 is 0 Å². The molecule has 2 heterocycles. The molecule has 0 bridgehead atoms. The lowest BCUT2D eigenvalue weighted by atomic mass is 9.88. The Balaban J connectivity index is 1.77. The molecule has 2 N–H and O–H groups in total. The quantitative estimate of drug-likeness (QED) is 0.810. The maximum atomic E-state index is 12.3. The van der Waals surface area contributed by atoms with E-state index in [0.29, 0.717) is 6.54 Å². The van der Waals surface area contributed by atoms with Crippen LogP contribution in [0.5, 0.6) is 0 Å². The molecule has 140 valence electrons. The summed E-state index contributed by atoms with van der Waals surface area (Å²) in [6.07, 6.45) is 3.58. The highest BCUT2D eigenvalue weighted by Gasteiger charge is 2.33. The fraction of sp³-hybridized carbons (Fsp3) is 0.947. The van der Waals surface area contributed by atoms with Crippen LogP contribution in [-0.2, 0) is 0 Å². The second-order valence-corrected chi connectivity index (χ2v) is 8.72. The average Bonchev–Trinajstić information content (AvgIpc) is 2.52. The number of hydrogen-bond donors (Lipinski definition) is 2. The molecule has 0 spiro atoms. The molecule has 2 saturated heterocycles. The molecule has 5 heteroatoms. The zero-order chi connectivity index (χ0) is 17.7. The summed E-state index contributed by atoms with van der Waals surface area (Å²) in [4.78, 5) is 17.3. The Morgan fingerprint density at radius 2 is 1.83 bits per heavy atom. The van der Waals surface area contributed by atoms with E-state index in [9.17, 15) is 4.79 Å². The Bertz CT molecular complexity index is 402. The van der Waals surface area contributed by atoms with Crippen molar-refractivity contribution in [2.75, 3.05) is 39.3 Å². The highest BCUT2D eigenvalue weighted by molar-refractivity contribution is 5.74. The Labute approximate surface area is 148 Å². The maximum Gasteiger partial charge on any atom is 0.315 e. The molecular weight excluding hydrogens is 300 g/mol. The van der Waals surface area contributed by atoms with Crippen molar-refractivity contribution in [3.05, 3.63) is 0 Å². The van der Waals surface area contributed by atoms with Gasteiger partial charge in [0.15, 0.2) is 0 Å². The minimum Gasteiger partial charge on any atom is -0.336 e. The molecule has 0 saturated carbocycles. The summed E-state index contributed by atoms with van der Waals surface area (Å²) < 4.78 is 0. The van der Waals surface area contributed by atoms with Gasteiger partial charge in [0.2, 0.25) is 0 Å². The van der Waals surface area contributed by atoms with Crippen molar-refractivity contribution in [3.8, 4) is 0 Å². The largest absolute Gasteiger partial charge is 0.336 e. The standard InChI is InChI=1S/C19H38N4O/c1-6-22-9-7-8-17(13-22)21-18(24)20-14-19(4,5)23-11-15(2)10-16(3)12-23/h15-17H,6-14H2,1-5H3,(H2,20,21,24). The van der Waals surface area contributed by atoms with Crippen LogP contribution in [0.3, 0.4) is 0 Å². The molecule has 2 rings (SSSR count). The van der Waals surface area contributed by atoms with Crippen LogP contribution in [0.4, 0.5) is 4.79 Å². The normalized spacial score (nSPS) is 30.1. The fourth-order valence-corrected chi connectivity index (χ4v) is 4.26. The molecule has 24 heavy (non-hydrogen) atoms. The summed E-state index contributed by atoms with van der Waals surface area (Å²) in [6.45, 7) is 17.5. The number of amides is 2. The lowest BCUT2D eigenvalue weighted by Crippen LogP contribution is -2.58. The molecule has 2 aliphatic rings. The molecule has 3 unspecified atom stereocenters. The van der Waals surface area contributed by atoms with Gasteiger partial charge >= 0.3 is 6.03 Å². The summed E-state index contributed by atoms with van der Waals surface area (Å²) in [7, 11) is 0. The van der Waals surface area contributed by atoms with Gasteiger partial charge in [0.1, 0.15) is 0 Å². The molecule has 0 aromatic heterocycles. The minimum atomic E-state index is -0.0101. The van der Waals surface area contributed by atoms with Gasteiger partial charge in [-0.1, -0.05) is 20.8 Å². The van der Waals surface area contributed by atoms with Gasteiger partial charge in [0, 0.05) is 37.8 Å². The van der Waals surface area contributed by atoms with Crippen LogP contribution in [0.25, 0.3) is 0 Å². The molecule has 0 aliphatic carbocycles. The highest BCUT2D eigenvalue weighted by Crippen LogP contribution is 2.26. The summed E-state index contributed by atoms with van der Waals surface area (Å²) >= 11 is 0.